The molecule has 0 amide bonds. The number of ether oxygens (including phenoxy) is 2. The molecule has 1 aromatic rings. The van der Waals surface area contributed by atoms with Crippen molar-refractivity contribution in [1.29, 1.82) is 0 Å². The minimum Gasteiger partial charge on any atom is -0.471 e. The molecule has 0 saturated carbocycles. The number of nitrogens with zero attached hydrogens (tertiary/aromatic N) is 1. The number of nitrogens with one attached hydrogen (secondary N) is 1. The van der Waals surface area contributed by atoms with Gasteiger partial charge in [0, 0.05) is 13.2 Å². The van der Waals surface area contributed by atoms with Crippen LogP contribution in [0, 0.1) is 0 Å². The summed E-state index contributed by atoms with van der Waals surface area (Å²) in [6.45, 7) is 2.43. The molecule has 0 unspecified atom stereocenters. The Bertz CT molecular complexity index is 236. The highest BCUT2D eigenvalue weighted by atomic mass is 16.5. The fourth-order valence-electron chi connectivity index (χ4n) is 0.852. The molecule has 3 N–H and O–H groups in total. The topological polar surface area (TPSA) is 73.2 Å². The van der Waals surface area contributed by atoms with Gasteiger partial charge in [-0.25, -0.2) is 0 Å². The van der Waals surface area contributed by atoms with E-state index in [2.05, 4.69) is 10.2 Å². The highest BCUT2D eigenvalue weighted by Crippen LogP contribution is 2.10. The Labute approximate surface area is 70.9 Å². The summed E-state index contributed by atoms with van der Waals surface area (Å²) in [4.78, 5) is 0. The van der Waals surface area contributed by atoms with E-state index in [1.807, 2.05) is 6.92 Å². The second-order valence-electron chi connectivity index (χ2n) is 2.55. The van der Waals surface area contributed by atoms with Gasteiger partial charge in [-0.05, 0) is 6.92 Å². The first kappa shape index (κ1) is 8.86. The van der Waals surface area contributed by atoms with Crippen LogP contribution in [0.25, 0.3) is 0 Å². The number of aromatic nitrogens is 2. The molecule has 68 valence electrons. The largest absolute Gasteiger partial charge is 0.471 e. The smallest absolute Gasteiger partial charge is 0.235 e. The lowest BCUT2D eigenvalue weighted by Gasteiger charge is -2.09. The first-order valence-electron chi connectivity index (χ1n) is 3.69. The summed E-state index contributed by atoms with van der Waals surface area (Å²) in [7, 11) is 1.62. The van der Waals surface area contributed by atoms with Crippen molar-refractivity contribution in [2.75, 3.05) is 19.5 Å². The Morgan fingerprint density at radius 3 is 3.00 bits per heavy atom. The number of hydrogen-bond donors (Lipinski definition) is 2. The zero-order valence-electron chi connectivity index (χ0n) is 7.20. The van der Waals surface area contributed by atoms with Crippen LogP contribution < -0.4 is 10.5 Å². The number of methoxy groups -OCH3 is 1. The quantitative estimate of drug-likeness (QED) is 0.688. The minimum atomic E-state index is -0.0160. The van der Waals surface area contributed by atoms with Gasteiger partial charge in [0.2, 0.25) is 5.88 Å². The number of rotatable bonds is 4. The molecule has 0 radical (unpaired) electrons. The molecule has 1 rings (SSSR count). The lowest BCUT2D eigenvalue weighted by atomic mass is 10.4. The van der Waals surface area contributed by atoms with Gasteiger partial charge in [0.25, 0.3) is 0 Å². The van der Waals surface area contributed by atoms with Crippen molar-refractivity contribution in [3.63, 3.8) is 0 Å². The summed E-state index contributed by atoms with van der Waals surface area (Å²) in [6.07, 6.45) is -0.0160. The van der Waals surface area contributed by atoms with E-state index in [0.717, 1.165) is 0 Å². The summed E-state index contributed by atoms with van der Waals surface area (Å²) in [6, 6.07) is 1.63. The molecule has 12 heavy (non-hydrogen) atoms. The van der Waals surface area contributed by atoms with E-state index < -0.39 is 0 Å². The highest BCUT2D eigenvalue weighted by molar-refractivity contribution is 5.31. The van der Waals surface area contributed by atoms with Crippen molar-refractivity contribution in [2.24, 2.45) is 0 Å². The SMILES string of the molecule is COC[C@@H](C)Oc1cc(N)[nH]n1. The summed E-state index contributed by atoms with van der Waals surface area (Å²) in [5.74, 6) is 0.992. The molecule has 0 spiro atoms. The molecule has 0 bridgehead atoms. The molecule has 0 saturated heterocycles. The van der Waals surface area contributed by atoms with E-state index in [1.54, 1.807) is 13.2 Å². The third-order valence-corrected chi connectivity index (χ3v) is 1.30. The predicted octanol–water partition coefficient (Wildman–Crippen LogP) is 0.406. The Morgan fingerprint density at radius 1 is 1.75 bits per heavy atom. The van der Waals surface area contributed by atoms with Gasteiger partial charge in [-0.15, -0.1) is 5.10 Å². The molecule has 5 nitrogen and oxygen atoms in total. The average molecular weight is 171 g/mol. The van der Waals surface area contributed by atoms with Gasteiger partial charge in [-0.1, -0.05) is 0 Å². The number of anilines is 1. The molecule has 5 heteroatoms. The molecular formula is C7H13N3O2. The van der Waals surface area contributed by atoms with Crippen molar-refractivity contribution in [1.82, 2.24) is 10.2 Å². The van der Waals surface area contributed by atoms with Crippen LogP contribution in [0.5, 0.6) is 5.88 Å². The Kier molecular flexibility index (Phi) is 2.93. The summed E-state index contributed by atoms with van der Waals surface area (Å²) < 4.78 is 10.2. The van der Waals surface area contributed by atoms with Crippen LogP contribution in [0.4, 0.5) is 5.82 Å². The van der Waals surface area contributed by atoms with E-state index in [1.165, 1.54) is 0 Å². The first-order chi connectivity index (χ1) is 5.72. The van der Waals surface area contributed by atoms with Crippen LogP contribution in [0.2, 0.25) is 0 Å². The molecule has 1 atom stereocenters. The van der Waals surface area contributed by atoms with Crippen molar-refractivity contribution in [3.05, 3.63) is 6.07 Å². The van der Waals surface area contributed by atoms with Gasteiger partial charge in [0.1, 0.15) is 11.9 Å². The van der Waals surface area contributed by atoms with Gasteiger partial charge < -0.3 is 15.2 Å². The highest BCUT2D eigenvalue weighted by Gasteiger charge is 2.05. The van der Waals surface area contributed by atoms with Gasteiger partial charge in [-0.3, -0.25) is 5.10 Å². The fraction of sp³-hybridized carbons (Fsp3) is 0.571. The van der Waals surface area contributed by atoms with Gasteiger partial charge in [0.05, 0.1) is 6.61 Å². The van der Waals surface area contributed by atoms with E-state index in [9.17, 15) is 0 Å². The second-order valence-corrected chi connectivity index (χ2v) is 2.55. The standard InChI is InChI=1S/C7H13N3O2/c1-5(4-11-2)12-7-3-6(8)9-10-7/h3,5H,4H2,1-2H3,(H3,8,9,10)/t5-/m1/s1. The van der Waals surface area contributed by atoms with Crippen LogP contribution in [0.1, 0.15) is 6.92 Å². The Hall–Kier alpha value is -1.23. The molecule has 1 aromatic heterocycles. The fourth-order valence-corrected chi connectivity index (χ4v) is 0.852. The van der Waals surface area contributed by atoms with Crippen molar-refractivity contribution < 1.29 is 9.47 Å². The van der Waals surface area contributed by atoms with Crippen molar-refractivity contribution in [2.45, 2.75) is 13.0 Å². The Morgan fingerprint density at radius 2 is 2.50 bits per heavy atom. The first-order valence-corrected chi connectivity index (χ1v) is 3.69. The normalized spacial score (nSPS) is 12.8. The van der Waals surface area contributed by atoms with E-state index in [4.69, 9.17) is 15.2 Å². The lowest BCUT2D eigenvalue weighted by Crippen LogP contribution is -2.18. The minimum absolute atomic E-state index is 0.0160. The number of hydrogen-bond acceptors (Lipinski definition) is 4. The maximum absolute atomic E-state index is 5.40. The second kappa shape index (κ2) is 3.96. The lowest BCUT2D eigenvalue weighted by molar-refractivity contribution is 0.0889. The molecule has 0 fully saturated rings. The molecule has 0 aromatic carbocycles. The molecule has 0 aliphatic carbocycles. The van der Waals surface area contributed by atoms with E-state index >= 15 is 0 Å². The van der Waals surface area contributed by atoms with Crippen LogP contribution in [-0.2, 0) is 4.74 Å². The van der Waals surface area contributed by atoms with Gasteiger partial charge >= 0.3 is 0 Å². The molecule has 1 heterocycles. The van der Waals surface area contributed by atoms with Crippen molar-refractivity contribution in [3.8, 4) is 5.88 Å². The maximum atomic E-state index is 5.40. The van der Waals surface area contributed by atoms with Gasteiger partial charge in [-0.2, -0.15) is 0 Å². The summed E-state index contributed by atoms with van der Waals surface area (Å²) >= 11 is 0. The van der Waals surface area contributed by atoms with Crippen LogP contribution in [0.3, 0.4) is 0 Å². The van der Waals surface area contributed by atoms with E-state index in [-0.39, 0.29) is 6.10 Å². The number of nitrogens with two attached hydrogens (primary N) is 1. The Balaban J connectivity index is 2.41. The predicted molar refractivity (Wildman–Crippen MR) is 45.0 cm³/mol. The molecule has 0 aliphatic heterocycles. The summed E-state index contributed by atoms with van der Waals surface area (Å²) in [5.41, 5.74) is 5.40. The van der Waals surface area contributed by atoms with Crippen LogP contribution in [-0.4, -0.2) is 30.0 Å². The summed E-state index contributed by atoms with van der Waals surface area (Å²) in [5, 5.41) is 6.39. The van der Waals surface area contributed by atoms with E-state index in [0.29, 0.717) is 18.3 Å². The van der Waals surface area contributed by atoms with Crippen molar-refractivity contribution >= 4 is 5.82 Å². The third kappa shape index (κ3) is 2.43. The number of H-pyrrole nitrogens is 1. The van der Waals surface area contributed by atoms with Gasteiger partial charge in [0.15, 0.2) is 0 Å². The molecular weight excluding hydrogens is 158 g/mol. The van der Waals surface area contributed by atoms with Crippen LogP contribution in [0.15, 0.2) is 6.07 Å². The average Bonchev–Trinajstić information content (AvgIpc) is 2.36. The zero-order chi connectivity index (χ0) is 8.97. The van der Waals surface area contributed by atoms with Crippen LogP contribution >= 0.6 is 0 Å². The monoisotopic (exact) mass is 171 g/mol. The maximum Gasteiger partial charge on any atom is 0.235 e. The third-order valence-electron chi connectivity index (χ3n) is 1.30. The zero-order valence-corrected chi connectivity index (χ0v) is 7.20. The number of nitrogen functional groups attached to an aromatic ring is 1. The molecule has 0 aliphatic rings. The number of aromatic amines is 1.